The zero-order chi connectivity index (χ0) is 17.4. The molecule has 25 heavy (non-hydrogen) atoms. The Hall–Kier alpha value is -1.05. The molecule has 1 amide bonds. The fourth-order valence-electron chi connectivity index (χ4n) is 2.81. The van der Waals surface area contributed by atoms with E-state index in [0.717, 1.165) is 25.9 Å². The van der Waals surface area contributed by atoms with Gasteiger partial charge in [-0.25, -0.2) is 0 Å². The SMILES string of the molecule is COCCOc1ccc(NC(=O)C2(COC)CCNCC2)cc1Cl.Cl. The van der Waals surface area contributed by atoms with Gasteiger partial charge in [-0.3, -0.25) is 4.79 Å². The van der Waals surface area contributed by atoms with Crippen LogP contribution in [0.25, 0.3) is 0 Å². The third-order valence-electron chi connectivity index (χ3n) is 4.20. The Morgan fingerprint density at radius 1 is 1.24 bits per heavy atom. The largest absolute Gasteiger partial charge is 0.490 e. The summed E-state index contributed by atoms with van der Waals surface area (Å²) in [6, 6.07) is 5.23. The minimum atomic E-state index is -0.500. The van der Waals surface area contributed by atoms with Gasteiger partial charge in [-0.05, 0) is 44.1 Å². The summed E-state index contributed by atoms with van der Waals surface area (Å²) in [4.78, 5) is 12.8. The van der Waals surface area contributed by atoms with Crippen molar-refractivity contribution in [2.45, 2.75) is 12.8 Å². The fraction of sp³-hybridized carbons (Fsp3) is 0.588. The number of hydrogen-bond donors (Lipinski definition) is 2. The zero-order valence-electron chi connectivity index (χ0n) is 14.6. The van der Waals surface area contributed by atoms with E-state index in [-0.39, 0.29) is 18.3 Å². The Morgan fingerprint density at radius 2 is 1.96 bits per heavy atom. The molecule has 8 heteroatoms. The number of halogens is 2. The molecule has 142 valence electrons. The average molecular weight is 393 g/mol. The molecule has 1 aliphatic rings. The number of rotatable bonds is 8. The normalized spacial score (nSPS) is 16.0. The van der Waals surface area contributed by atoms with Crippen LogP contribution in [0.15, 0.2) is 18.2 Å². The van der Waals surface area contributed by atoms with Crippen molar-refractivity contribution in [3.05, 3.63) is 23.2 Å². The second kappa shape index (κ2) is 10.8. The number of nitrogens with one attached hydrogen (secondary N) is 2. The number of amides is 1. The van der Waals surface area contributed by atoms with E-state index in [9.17, 15) is 4.79 Å². The van der Waals surface area contributed by atoms with E-state index in [2.05, 4.69) is 10.6 Å². The number of methoxy groups -OCH3 is 2. The van der Waals surface area contributed by atoms with Crippen LogP contribution < -0.4 is 15.4 Å². The molecule has 6 nitrogen and oxygen atoms in total. The van der Waals surface area contributed by atoms with Crippen molar-refractivity contribution >= 4 is 35.6 Å². The summed E-state index contributed by atoms with van der Waals surface area (Å²) < 4.78 is 15.7. The van der Waals surface area contributed by atoms with Gasteiger partial charge in [0, 0.05) is 19.9 Å². The molecule has 1 aliphatic heterocycles. The van der Waals surface area contributed by atoms with Crippen LogP contribution in [0.5, 0.6) is 5.75 Å². The molecule has 0 spiro atoms. The van der Waals surface area contributed by atoms with E-state index in [0.29, 0.717) is 36.3 Å². The predicted octanol–water partition coefficient (Wildman–Crippen LogP) is 2.74. The highest BCUT2D eigenvalue weighted by atomic mass is 35.5. The number of benzene rings is 1. The number of carbonyl (C=O) groups is 1. The molecule has 0 radical (unpaired) electrons. The van der Waals surface area contributed by atoms with Crippen LogP contribution >= 0.6 is 24.0 Å². The first kappa shape index (κ1) is 22.0. The lowest BCUT2D eigenvalue weighted by Crippen LogP contribution is -2.47. The maximum absolute atomic E-state index is 12.8. The van der Waals surface area contributed by atoms with E-state index < -0.39 is 5.41 Å². The van der Waals surface area contributed by atoms with Crippen molar-refractivity contribution in [1.29, 1.82) is 0 Å². The van der Waals surface area contributed by atoms with E-state index in [1.165, 1.54) is 0 Å². The third kappa shape index (κ3) is 6.01. The molecule has 1 saturated heterocycles. The molecule has 0 bridgehead atoms. The van der Waals surface area contributed by atoms with Crippen LogP contribution in [-0.4, -0.2) is 53.0 Å². The van der Waals surface area contributed by atoms with Gasteiger partial charge in [0.05, 0.1) is 23.7 Å². The minimum Gasteiger partial charge on any atom is -0.490 e. The first-order valence-electron chi connectivity index (χ1n) is 8.04. The highest BCUT2D eigenvalue weighted by molar-refractivity contribution is 6.32. The van der Waals surface area contributed by atoms with Crippen LogP contribution in [-0.2, 0) is 14.3 Å². The van der Waals surface area contributed by atoms with Crippen molar-refractivity contribution in [1.82, 2.24) is 5.32 Å². The molecule has 0 atom stereocenters. The standard InChI is InChI=1S/C17H25ClN2O4.ClH/c1-22-9-10-24-15-4-3-13(11-14(15)18)20-16(21)17(12-23-2)5-7-19-8-6-17;/h3-4,11,19H,5-10,12H2,1-2H3,(H,20,21);1H. The Bertz CT molecular complexity index is 546. The average Bonchev–Trinajstić information content (AvgIpc) is 2.58. The van der Waals surface area contributed by atoms with Crippen LogP contribution in [0.1, 0.15) is 12.8 Å². The van der Waals surface area contributed by atoms with Crippen LogP contribution in [0.4, 0.5) is 5.69 Å². The molecule has 0 aromatic heterocycles. The monoisotopic (exact) mass is 392 g/mol. The molecular formula is C17H26Cl2N2O4. The molecule has 1 aromatic carbocycles. The Labute approximate surface area is 159 Å². The Morgan fingerprint density at radius 3 is 2.56 bits per heavy atom. The minimum absolute atomic E-state index is 0. The van der Waals surface area contributed by atoms with E-state index >= 15 is 0 Å². The van der Waals surface area contributed by atoms with Crippen molar-refractivity contribution in [3.63, 3.8) is 0 Å². The van der Waals surface area contributed by atoms with Gasteiger partial charge in [-0.1, -0.05) is 11.6 Å². The summed E-state index contributed by atoms with van der Waals surface area (Å²) in [5, 5.41) is 6.69. The van der Waals surface area contributed by atoms with Gasteiger partial charge in [0.15, 0.2) is 0 Å². The van der Waals surface area contributed by atoms with Gasteiger partial charge in [0.25, 0.3) is 0 Å². The highest BCUT2D eigenvalue weighted by Crippen LogP contribution is 2.32. The predicted molar refractivity (Wildman–Crippen MR) is 101 cm³/mol. The molecule has 2 rings (SSSR count). The van der Waals surface area contributed by atoms with Gasteiger partial charge in [-0.15, -0.1) is 12.4 Å². The molecule has 1 heterocycles. The molecular weight excluding hydrogens is 367 g/mol. The van der Waals surface area contributed by atoms with Crippen LogP contribution in [0, 0.1) is 5.41 Å². The molecule has 1 aromatic rings. The van der Waals surface area contributed by atoms with Gasteiger partial charge >= 0.3 is 0 Å². The second-order valence-electron chi connectivity index (χ2n) is 5.90. The van der Waals surface area contributed by atoms with E-state index in [4.69, 9.17) is 25.8 Å². The lowest BCUT2D eigenvalue weighted by Gasteiger charge is -2.35. The molecule has 2 N–H and O–H groups in total. The smallest absolute Gasteiger partial charge is 0.233 e. The van der Waals surface area contributed by atoms with Gasteiger partial charge in [0.1, 0.15) is 12.4 Å². The summed E-state index contributed by atoms with van der Waals surface area (Å²) in [5.41, 5.74) is 0.151. The number of carbonyl (C=O) groups excluding carboxylic acids is 1. The third-order valence-corrected chi connectivity index (χ3v) is 4.49. The van der Waals surface area contributed by atoms with Crippen molar-refractivity contribution in [3.8, 4) is 5.75 Å². The highest BCUT2D eigenvalue weighted by Gasteiger charge is 2.39. The van der Waals surface area contributed by atoms with Gasteiger partial charge < -0.3 is 24.8 Å². The summed E-state index contributed by atoms with van der Waals surface area (Å²) in [6.45, 7) is 2.94. The maximum atomic E-state index is 12.8. The lowest BCUT2D eigenvalue weighted by atomic mass is 9.78. The van der Waals surface area contributed by atoms with Gasteiger partial charge in [0.2, 0.25) is 5.91 Å². The molecule has 1 fully saturated rings. The lowest BCUT2D eigenvalue weighted by molar-refractivity contribution is -0.130. The van der Waals surface area contributed by atoms with Crippen molar-refractivity contribution in [2.24, 2.45) is 5.41 Å². The summed E-state index contributed by atoms with van der Waals surface area (Å²) >= 11 is 6.22. The number of anilines is 1. The first-order valence-corrected chi connectivity index (χ1v) is 8.41. The van der Waals surface area contributed by atoms with Crippen molar-refractivity contribution < 1.29 is 19.0 Å². The number of piperidine rings is 1. The van der Waals surface area contributed by atoms with Crippen LogP contribution in [0.3, 0.4) is 0 Å². The fourth-order valence-corrected chi connectivity index (χ4v) is 3.05. The van der Waals surface area contributed by atoms with Gasteiger partial charge in [-0.2, -0.15) is 0 Å². The molecule has 0 unspecified atom stereocenters. The van der Waals surface area contributed by atoms with E-state index in [1.54, 1.807) is 32.4 Å². The van der Waals surface area contributed by atoms with E-state index in [1.807, 2.05) is 0 Å². The number of ether oxygens (including phenoxy) is 3. The first-order chi connectivity index (χ1) is 11.6. The van der Waals surface area contributed by atoms with Crippen LogP contribution in [0.2, 0.25) is 5.02 Å². The number of hydrogen-bond acceptors (Lipinski definition) is 5. The summed E-state index contributed by atoms with van der Waals surface area (Å²) in [6.07, 6.45) is 1.50. The Kier molecular flexibility index (Phi) is 9.53. The summed E-state index contributed by atoms with van der Waals surface area (Å²) in [5.74, 6) is 0.537. The topological polar surface area (TPSA) is 68.8 Å². The maximum Gasteiger partial charge on any atom is 0.233 e. The zero-order valence-corrected chi connectivity index (χ0v) is 16.2. The Balaban J connectivity index is 0.00000312. The van der Waals surface area contributed by atoms with Crippen molar-refractivity contribution in [2.75, 3.05) is 52.4 Å². The quantitative estimate of drug-likeness (QED) is 0.665. The molecule has 0 aliphatic carbocycles. The molecule has 0 saturated carbocycles. The summed E-state index contributed by atoms with van der Waals surface area (Å²) in [7, 11) is 3.24. The second-order valence-corrected chi connectivity index (χ2v) is 6.31.